The van der Waals surface area contributed by atoms with Crippen LogP contribution in [0.5, 0.6) is 5.75 Å². The zero-order chi connectivity index (χ0) is 27.8. The van der Waals surface area contributed by atoms with Gasteiger partial charge in [-0.25, -0.2) is 14.4 Å². The van der Waals surface area contributed by atoms with Crippen molar-refractivity contribution in [2.75, 3.05) is 31.7 Å². The molecule has 4 aromatic rings. The summed E-state index contributed by atoms with van der Waals surface area (Å²) in [7, 11) is 0. The Balaban J connectivity index is 1.72. The zero-order valence-electron chi connectivity index (χ0n) is 20.3. The molecule has 0 unspecified atom stereocenters. The summed E-state index contributed by atoms with van der Waals surface area (Å²) in [6.07, 6.45) is 1.50. The summed E-state index contributed by atoms with van der Waals surface area (Å²) in [6.45, 7) is -0.485. The van der Waals surface area contributed by atoms with Crippen molar-refractivity contribution in [2.45, 2.75) is 10.8 Å². The minimum atomic E-state index is -0.720. The van der Waals surface area contributed by atoms with Gasteiger partial charge in [-0.1, -0.05) is 29.4 Å². The molecule has 0 atom stereocenters. The lowest BCUT2D eigenvalue weighted by molar-refractivity contribution is 0.196. The Morgan fingerprint density at radius 2 is 1.77 bits per heavy atom. The van der Waals surface area contributed by atoms with E-state index in [4.69, 9.17) is 25.9 Å². The molecule has 0 spiro atoms. The SMILES string of the molecule is N#Cc1c(NCCO)nc(SCc2coc(-c3ccc(Cl)cc3)n2)c(C#N)c1-c1ccc(OCCO)c(F)c1. The molecular formula is C27H21ClFN5O4S. The molecule has 2 aromatic heterocycles. The average molecular weight is 566 g/mol. The highest BCUT2D eigenvalue weighted by molar-refractivity contribution is 7.98. The van der Waals surface area contributed by atoms with Crippen LogP contribution in [0.4, 0.5) is 10.2 Å². The Morgan fingerprint density at radius 3 is 2.44 bits per heavy atom. The number of oxazole rings is 1. The minimum Gasteiger partial charge on any atom is -0.488 e. The van der Waals surface area contributed by atoms with E-state index in [0.29, 0.717) is 16.6 Å². The first kappa shape index (κ1) is 27.9. The van der Waals surface area contributed by atoms with E-state index in [-0.39, 0.29) is 71.0 Å². The molecule has 0 aliphatic rings. The third-order valence-electron chi connectivity index (χ3n) is 5.36. The maximum Gasteiger partial charge on any atom is 0.226 e. The smallest absolute Gasteiger partial charge is 0.226 e. The number of hydrogen-bond acceptors (Lipinski definition) is 10. The van der Waals surface area contributed by atoms with Crippen LogP contribution in [-0.2, 0) is 5.75 Å². The minimum absolute atomic E-state index is 0.0271. The molecule has 2 heterocycles. The summed E-state index contributed by atoms with van der Waals surface area (Å²) < 4.78 is 25.6. The Hall–Kier alpha value is -4.13. The average Bonchev–Trinajstić information content (AvgIpc) is 3.43. The van der Waals surface area contributed by atoms with Crippen molar-refractivity contribution in [2.24, 2.45) is 0 Å². The second kappa shape index (κ2) is 13.1. The molecule has 198 valence electrons. The van der Waals surface area contributed by atoms with E-state index in [9.17, 15) is 20.0 Å². The van der Waals surface area contributed by atoms with E-state index < -0.39 is 5.82 Å². The van der Waals surface area contributed by atoms with Crippen LogP contribution in [0.2, 0.25) is 5.02 Å². The van der Waals surface area contributed by atoms with Gasteiger partial charge in [0.25, 0.3) is 0 Å². The predicted octanol–water partition coefficient (Wildman–Crippen LogP) is 5.01. The van der Waals surface area contributed by atoms with Gasteiger partial charge >= 0.3 is 0 Å². The second-order valence-corrected chi connectivity index (χ2v) is 9.32. The van der Waals surface area contributed by atoms with E-state index in [1.807, 2.05) is 0 Å². The van der Waals surface area contributed by atoms with Gasteiger partial charge in [-0.2, -0.15) is 10.5 Å². The largest absolute Gasteiger partial charge is 0.488 e. The maximum absolute atomic E-state index is 14.8. The Bertz CT molecular complexity index is 1550. The number of nitrogens with one attached hydrogen (secondary N) is 1. The number of thioether (sulfide) groups is 1. The summed E-state index contributed by atoms with van der Waals surface area (Å²) in [4.78, 5) is 8.97. The van der Waals surface area contributed by atoms with Crippen LogP contribution >= 0.6 is 23.4 Å². The van der Waals surface area contributed by atoms with Crippen molar-refractivity contribution in [3.63, 3.8) is 0 Å². The highest BCUT2D eigenvalue weighted by Crippen LogP contribution is 2.38. The van der Waals surface area contributed by atoms with Gasteiger partial charge in [0.15, 0.2) is 11.6 Å². The molecule has 9 nitrogen and oxygen atoms in total. The molecule has 0 aliphatic heterocycles. The Kier molecular flexibility index (Phi) is 9.36. The lowest BCUT2D eigenvalue weighted by Crippen LogP contribution is -2.11. The Morgan fingerprint density at radius 1 is 1.03 bits per heavy atom. The fourth-order valence-corrected chi connectivity index (χ4v) is 4.63. The van der Waals surface area contributed by atoms with E-state index in [0.717, 1.165) is 11.6 Å². The van der Waals surface area contributed by atoms with Crippen molar-refractivity contribution >= 4 is 29.2 Å². The molecular weight excluding hydrogens is 545 g/mol. The number of aliphatic hydroxyl groups excluding tert-OH is 2. The van der Waals surface area contributed by atoms with Crippen molar-refractivity contribution < 1.29 is 23.8 Å². The number of nitriles is 2. The van der Waals surface area contributed by atoms with Gasteiger partial charge in [0.2, 0.25) is 5.89 Å². The van der Waals surface area contributed by atoms with Crippen LogP contribution in [-0.4, -0.2) is 46.5 Å². The van der Waals surface area contributed by atoms with Crippen LogP contribution in [0, 0.1) is 28.5 Å². The number of nitrogens with zero attached hydrogens (tertiary/aromatic N) is 4. The fourth-order valence-electron chi connectivity index (χ4n) is 3.64. The van der Waals surface area contributed by atoms with E-state index in [2.05, 4.69) is 27.4 Å². The molecule has 2 aromatic carbocycles. The number of pyridine rings is 1. The lowest BCUT2D eigenvalue weighted by atomic mass is 9.96. The maximum atomic E-state index is 14.8. The predicted molar refractivity (Wildman–Crippen MR) is 144 cm³/mol. The summed E-state index contributed by atoms with van der Waals surface area (Å²) in [5, 5.41) is 42.1. The summed E-state index contributed by atoms with van der Waals surface area (Å²) in [6, 6.07) is 15.2. The number of aromatic nitrogens is 2. The first-order valence-corrected chi connectivity index (χ1v) is 12.9. The van der Waals surface area contributed by atoms with Crippen LogP contribution in [0.15, 0.2) is 58.2 Å². The van der Waals surface area contributed by atoms with Gasteiger partial charge in [0, 0.05) is 28.4 Å². The first-order chi connectivity index (χ1) is 19.0. The monoisotopic (exact) mass is 565 g/mol. The van der Waals surface area contributed by atoms with Gasteiger partial charge in [-0.3, -0.25) is 0 Å². The van der Waals surface area contributed by atoms with Gasteiger partial charge < -0.3 is 24.7 Å². The molecule has 0 aliphatic carbocycles. The number of hydrogen-bond donors (Lipinski definition) is 3. The number of benzene rings is 2. The van der Waals surface area contributed by atoms with Gasteiger partial charge in [-0.05, 0) is 42.0 Å². The third kappa shape index (κ3) is 6.48. The fraction of sp³-hybridized carbons (Fsp3) is 0.185. The van der Waals surface area contributed by atoms with Crippen molar-refractivity contribution in [3.05, 3.63) is 76.4 Å². The number of anilines is 1. The second-order valence-electron chi connectivity index (χ2n) is 7.92. The summed E-state index contributed by atoms with van der Waals surface area (Å²) >= 11 is 7.14. The van der Waals surface area contributed by atoms with Crippen molar-refractivity contribution in [3.8, 4) is 40.5 Å². The third-order valence-corrected chi connectivity index (χ3v) is 6.62. The molecule has 12 heteroatoms. The van der Waals surface area contributed by atoms with Crippen LogP contribution in [0.3, 0.4) is 0 Å². The molecule has 3 N–H and O–H groups in total. The molecule has 0 bridgehead atoms. The lowest BCUT2D eigenvalue weighted by Gasteiger charge is -2.16. The van der Waals surface area contributed by atoms with E-state index in [1.54, 1.807) is 24.3 Å². The van der Waals surface area contributed by atoms with E-state index in [1.165, 1.54) is 30.2 Å². The van der Waals surface area contributed by atoms with Gasteiger partial charge in [-0.15, -0.1) is 0 Å². The standard InChI is InChI=1S/C27H21ClFN5O4S/c28-18-4-1-16(2-5-18)26-33-19(14-38-26)15-39-27-21(13-31)24(20(12-30)25(34-27)32-7-8-35)17-3-6-23(22(29)11-17)37-10-9-36/h1-6,11,14,35-36H,7-10,15H2,(H,32,34). The molecule has 0 fully saturated rings. The van der Waals surface area contributed by atoms with Crippen molar-refractivity contribution in [1.29, 1.82) is 10.5 Å². The topological polar surface area (TPSA) is 148 Å². The van der Waals surface area contributed by atoms with Crippen LogP contribution in [0.25, 0.3) is 22.6 Å². The summed E-state index contributed by atoms with van der Waals surface area (Å²) in [5.41, 5.74) is 1.89. The molecule has 0 amide bonds. The number of aliphatic hydroxyl groups is 2. The highest BCUT2D eigenvalue weighted by Gasteiger charge is 2.23. The van der Waals surface area contributed by atoms with Gasteiger partial charge in [0.05, 0.1) is 24.5 Å². The molecule has 0 saturated carbocycles. The number of halogens is 2. The van der Waals surface area contributed by atoms with Gasteiger partial charge in [0.1, 0.15) is 41.4 Å². The normalized spacial score (nSPS) is 10.6. The number of rotatable bonds is 11. The number of ether oxygens (including phenoxy) is 1. The first-order valence-electron chi connectivity index (χ1n) is 11.6. The van der Waals surface area contributed by atoms with Crippen LogP contribution < -0.4 is 10.1 Å². The summed E-state index contributed by atoms with van der Waals surface area (Å²) in [5.74, 6) is 0.0365. The quantitative estimate of drug-likeness (QED) is 0.212. The van der Waals surface area contributed by atoms with Crippen LogP contribution in [0.1, 0.15) is 16.8 Å². The zero-order valence-corrected chi connectivity index (χ0v) is 21.9. The molecule has 39 heavy (non-hydrogen) atoms. The molecule has 0 radical (unpaired) electrons. The van der Waals surface area contributed by atoms with E-state index >= 15 is 0 Å². The molecule has 0 saturated heterocycles. The van der Waals surface area contributed by atoms with Crippen molar-refractivity contribution in [1.82, 2.24) is 9.97 Å². The molecule has 4 rings (SSSR count). The highest BCUT2D eigenvalue weighted by atomic mass is 35.5. The Labute approximate surface area is 232 Å².